The predicted octanol–water partition coefficient (Wildman–Crippen LogP) is 8.50. The Labute approximate surface area is 196 Å². The number of allylic oxidation sites excluding steroid dienone is 2. The summed E-state index contributed by atoms with van der Waals surface area (Å²) >= 11 is 0. The zero-order valence-corrected chi connectivity index (χ0v) is 22.5. The van der Waals surface area contributed by atoms with E-state index in [9.17, 15) is 9.46 Å². The van der Waals surface area contributed by atoms with E-state index in [4.69, 9.17) is 0 Å². The van der Waals surface area contributed by atoms with Crippen LogP contribution in [0.1, 0.15) is 135 Å². The fraction of sp³-hybridized carbons (Fsp3) is 0.926. The van der Waals surface area contributed by atoms with Crippen LogP contribution in [0.5, 0.6) is 0 Å². The van der Waals surface area contributed by atoms with Crippen molar-refractivity contribution in [1.82, 2.24) is 0 Å². The van der Waals surface area contributed by atoms with Gasteiger partial charge in [0, 0.05) is 6.42 Å². The van der Waals surface area contributed by atoms with Crippen molar-refractivity contribution in [3.8, 4) is 0 Å². The molecule has 0 saturated carbocycles. The highest BCUT2D eigenvalue weighted by atomic mass is 31.1. The first-order chi connectivity index (χ1) is 14.9. The maximum atomic E-state index is 11.4. The zero-order chi connectivity index (χ0) is 23.2. The molecule has 0 heterocycles. The van der Waals surface area contributed by atoms with Gasteiger partial charge in [-0.2, -0.15) is 0 Å². The van der Waals surface area contributed by atoms with Gasteiger partial charge >= 0.3 is 8.03 Å². The van der Waals surface area contributed by atoms with E-state index >= 15 is 0 Å². The number of hydrogen-bond acceptors (Lipinski definition) is 2. The highest BCUT2D eigenvalue weighted by molar-refractivity contribution is 7.37. The Morgan fingerprint density at radius 3 is 1.35 bits per heavy atom. The zero-order valence-electron chi connectivity index (χ0n) is 21.6. The van der Waals surface area contributed by atoms with Crippen molar-refractivity contribution < 1.29 is 13.9 Å². The summed E-state index contributed by atoms with van der Waals surface area (Å²) in [4.78, 5) is 11.4. The highest BCUT2D eigenvalue weighted by Crippen LogP contribution is 2.28. The lowest BCUT2D eigenvalue weighted by Gasteiger charge is -2.27. The maximum Gasteiger partial charge on any atom is 0.373 e. The molecule has 0 aliphatic rings. The molecule has 0 spiro atoms. The molecule has 4 heteroatoms. The highest BCUT2D eigenvalue weighted by Gasteiger charge is 2.34. The predicted molar refractivity (Wildman–Crippen MR) is 137 cm³/mol. The third-order valence-corrected chi connectivity index (χ3v) is 7.80. The minimum atomic E-state index is -2.35. The third kappa shape index (κ3) is 21.4. The summed E-state index contributed by atoms with van der Waals surface area (Å²) in [6.07, 6.45) is 31.1. The van der Waals surface area contributed by atoms with Crippen molar-refractivity contribution in [3.05, 3.63) is 12.2 Å². The summed E-state index contributed by atoms with van der Waals surface area (Å²) in [5.41, 5.74) is 0. The van der Waals surface area contributed by atoms with Gasteiger partial charge in [0.1, 0.15) is 0 Å². The SMILES string of the molecule is CCCCCCCCCCCCCCCCCC/C=C\CCCC([P+](=O)[O-])[N+](C)(C)C. The van der Waals surface area contributed by atoms with Gasteiger partial charge in [-0.25, -0.2) is 0 Å². The molecule has 0 aliphatic carbocycles. The van der Waals surface area contributed by atoms with Gasteiger partial charge in [0.15, 0.2) is 0 Å². The Morgan fingerprint density at radius 1 is 0.645 bits per heavy atom. The molecule has 0 bridgehead atoms. The largest absolute Gasteiger partial charge is 0.591 e. The Kier molecular flexibility index (Phi) is 21.4. The molecule has 0 fully saturated rings. The van der Waals surface area contributed by atoms with Crippen LogP contribution in [0.4, 0.5) is 0 Å². The van der Waals surface area contributed by atoms with E-state index in [2.05, 4.69) is 19.1 Å². The lowest BCUT2D eigenvalue weighted by atomic mass is 10.0. The molecule has 3 nitrogen and oxygen atoms in total. The fourth-order valence-electron chi connectivity index (χ4n) is 4.24. The van der Waals surface area contributed by atoms with Crippen molar-refractivity contribution in [2.75, 3.05) is 21.1 Å². The Hall–Kier alpha value is -0.240. The molecular weight excluding hydrogens is 401 g/mol. The van der Waals surface area contributed by atoms with Gasteiger partial charge < -0.3 is 4.89 Å². The van der Waals surface area contributed by atoms with Gasteiger partial charge in [0.25, 0.3) is 5.78 Å². The number of quaternary nitrogens is 1. The van der Waals surface area contributed by atoms with Crippen LogP contribution < -0.4 is 4.89 Å². The van der Waals surface area contributed by atoms with Crippen LogP contribution in [-0.4, -0.2) is 31.4 Å². The average molecular weight is 457 g/mol. The Bertz CT molecular complexity index is 431. The molecule has 0 aromatic carbocycles. The number of rotatable bonds is 23. The maximum absolute atomic E-state index is 11.4. The van der Waals surface area contributed by atoms with E-state index in [1.165, 1.54) is 109 Å². The van der Waals surface area contributed by atoms with Crippen LogP contribution in [-0.2, 0) is 4.57 Å². The Morgan fingerprint density at radius 2 is 1.00 bits per heavy atom. The molecule has 2 atom stereocenters. The third-order valence-electron chi connectivity index (χ3n) is 6.36. The van der Waals surface area contributed by atoms with Gasteiger partial charge in [-0.3, -0.25) is 4.48 Å². The topological polar surface area (TPSA) is 40.1 Å². The van der Waals surface area contributed by atoms with E-state index in [0.717, 1.165) is 19.3 Å². The van der Waals surface area contributed by atoms with Crippen LogP contribution in [0, 0.1) is 0 Å². The number of unbranched alkanes of at least 4 members (excludes halogenated alkanes) is 17. The lowest BCUT2D eigenvalue weighted by molar-refractivity contribution is -0.883. The van der Waals surface area contributed by atoms with Crippen LogP contribution in [0.3, 0.4) is 0 Å². The first kappa shape index (κ1) is 30.8. The van der Waals surface area contributed by atoms with Crippen molar-refractivity contribution >= 4 is 8.03 Å². The molecule has 0 radical (unpaired) electrons. The van der Waals surface area contributed by atoms with E-state index in [1.54, 1.807) is 0 Å². The molecule has 0 amide bonds. The summed E-state index contributed by atoms with van der Waals surface area (Å²) in [5.74, 6) is -0.260. The monoisotopic (exact) mass is 456 g/mol. The van der Waals surface area contributed by atoms with Crippen LogP contribution in [0.2, 0.25) is 0 Å². The minimum absolute atomic E-state index is 0.260. The normalized spacial score (nSPS) is 13.8. The summed E-state index contributed by atoms with van der Waals surface area (Å²) in [6.45, 7) is 2.29. The van der Waals surface area contributed by atoms with Crippen LogP contribution >= 0.6 is 8.03 Å². The summed E-state index contributed by atoms with van der Waals surface area (Å²) in [5, 5.41) is 0. The number of hydrogen-bond donors (Lipinski definition) is 0. The summed E-state index contributed by atoms with van der Waals surface area (Å²) in [6, 6.07) is 0. The second kappa shape index (κ2) is 21.6. The molecule has 0 rings (SSSR count). The second-order valence-corrected chi connectivity index (χ2v) is 11.5. The van der Waals surface area contributed by atoms with Crippen molar-refractivity contribution in [2.24, 2.45) is 0 Å². The van der Waals surface area contributed by atoms with Crippen molar-refractivity contribution in [3.63, 3.8) is 0 Å². The minimum Gasteiger partial charge on any atom is -0.591 e. The molecule has 0 aromatic heterocycles. The van der Waals surface area contributed by atoms with Gasteiger partial charge in [-0.1, -0.05) is 120 Å². The molecule has 0 saturated heterocycles. The van der Waals surface area contributed by atoms with Gasteiger partial charge in [0.2, 0.25) is 0 Å². The van der Waals surface area contributed by atoms with Crippen molar-refractivity contribution in [1.29, 1.82) is 0 Å². The molecule has 0 aromatic rings. The van der Waals surface area contributed by atoms with E-state index in [0.29, 0.717) is 4.48 Å². The molecule has 0 N–H and O–H groups in total. The van der Waals surface area contributed by atoms with E-state index in [-0.39, 0.29) is 5.78 Å². The lowest BCUT2D eigenvalue weighted by Crippen LogP contribution is -2.44. The summed E-state index contributed by atoms with van der Waals surface area (Å²) in [7, 11) is 3.53. The average Bonchev–Trinajstić information content (AvgIpc) is 2.70. The molecule has 184 valence electrons. The van der Waals surface area contributed by atoms with E-state index in [1.807, 2.05) is 21.1 Å². The fourth-order valence-corrected chi connectivity index (χ4v) is 5.20. The Balaban J connectivity index is 3.32. The summed E-state index contributed by atoms with van der Waals surface area (Å²) < 4.78 is 11.9. The molecule has 31 heavy (non-hydrogen) atoms. The first-order valence-electron chi connectivity index (χ1n) is 13.5. The quantitative estimate of drug-likeness (QED) is 0.0669. The molecular formula is C27H55NO2P+. The van der Waals surface area contributed by atoms with Crippen molar-refractivity contribution in [2.45, 2.75) is 141 Å². The standard InChI is InChI=1S/C27H55NO2P/c1-5-6-7-8-9-10-11-12-13-14-15-16-17-18-19-20-21-22-23-24-25-26-27(31(29)30)28(2,3)4/h22-23,27H,5-21,24-26H2,1-4H3/q+1/b23-22-. The molecule has 2 unspecified atom stereocenters. The van der Waals surface area contributed by atoms with Crippen LogP contribution in [0.15, 0.2) is 12.2 Å². The van der Waals surface area contributed by atoms with Gasteiger partial charge in [0.05, 0.1) is 21.1 Å². The van der Waals surface area contributed by atoms with Gasteiger partial charge in [-0.05, 0) is 25.7 Å². The smallest absolute Gasteiger partial charge is 0.373 e. The van der Waals surface area contributed by atoms with Gasteiger partial charge in [-0.15, -0.1) is 0 Å². The van der Waals surface area contributed by atoms with Crippen LogP contribution in [0.25, 0.3) is 0 Å². The molecule has 0 aliphatic heterocycles. The first-order valence-corrected chi connectivity index (χ1v) is 14.7. The van der Waals surface area contributed by atoms with E-state index < -0.39 is 8.03 Å². The second-order valence-electron chi connectivity index (χ2n) is 10.4. The number of nitrogens with zero attached hydrogens (tertiary/aromatic N) is 1.